The fourth-order valence-corrected chi connectivity index (χ4v) is 1.36. The second-order valence-electron chi connectivity index (χ2n) is 2.54. The molecule has 0 aliphatic rings. The number of hydrogen-bond acceptors (Lipinski definition) is 4. The lowest BCUT2D eigenvalue weighted by Gasteiger charge is -2.04. The van der Waals surface area contributed by atoms with Crippen LogP contribution in [0, 0.1) is 0 Å². The van der Waals surface area contributed by atoms with E-state index in [1.807, 2.05) is 0 Å². The van der Waals surface area contributed by atoms with Crippen LogP contribution in [0.15, 0.2) is 6.07 Å². The number of hydrogen-bond donors (Lipinski definition) is 1. The predicted octanol–water partition coefficient (Wildman–Crippen LogP) is 1.86. The zero-order chi connectivity index (χ0) is 11.3. The van der Waals surface area contributed by atoms with Crippen molar-refractivity contribution >= 4 is 39.4 Å². The molecule has 7 heteroatoms. The molecule has 82 valence electrons. The van der Waals surface area contributed by atoms with Crippen LogP contribution >= 0.6 is 27.5 Å². The van der Waals surface area contributed by atoms with E-state index in [0.29, 0.717) is 17.6 Å². The molecule has 0 bridgehead atoms. The van der Waals surface area contributed by atoms with Crippen LogP contribution in [0.4, 0.5) is 5.95 Å². The highest BCUT2D eigenvalue weighted by Gasteiger charge is 2.06. The number of methoxy groups -OCH3 is 1. The van der Waals surface area contributed by atoms with Crippen molar-refractivity contribution in [1.29, 1.82) is 0 Å². The van der Waals surface area contributed by atoms with Crippen molar-refractivity contribution in [3.8, 4) is 5.88 Å². The van der Waals surface area contributed by atoms with Crippen molar-refractivity contribution in [1.82, 2.24) is 9.97 Å². The van der Waals surface area contributed by atoms with Crippen molar-refractivity contribution in [2.24, 2.45) is 0 Å². The van der Waals surface area contributed by atoms with Crippen LogP contribution in [0.3, 0.4) is 0 Å². The summed E-state index contributed by atoms with van der Waals surface area (Å²) < 4.78 is 4.88. The Kier molecular flexibility index (Phi) is 4.77. The van der Waals surface area contributed by atoms with E-state index in [1.54, 1.807) is 0 Å². The molecule has 0 fully saturated rings. The average Bonchev–Trinajstić information content (AvgIpc) is 2.17. The molecule has 1 aromatic heterocycles. The summed E-state index contributed by atoms with van der Waals surface area (Å²) in [4.78, 5) is 19.0. The highest BCUT2D eigenvalue weighted by molar-refractivity contribution is 9.09. The Hall–Kier alpha value is -0.880. The number of anilines is 1. The van der Waals surface area contributed by atoms with E-state index in [9.17, 15) is 4.79 Å². The van der Waals surface area contributed by atoms with Gasteiger partial charge in [0.25, 0.3) is 0 Å². The van der Waals surface area contributed by atoms with Crippen molar-refractivity contribution < 1.29 is 9.53 Å². The number of alkyl halides is 1. The SMILES string of the molecule is COc1cc(Cl)nc(NC(=O)CCBr)n1. The second kappa shape index (κ2) is 5.87. The molecule has 1 aromatic rings. The van der Waals surface area contributed by atoms with E-state index < -0.39 is 0 Å². The van der Waals surface area contributed by atoms with Crippen LogP contribution in [0.5, 0.6) is 5.88 Å². The number of aromatic nitrogens is 2. The van der Waals surface area contributed by atoms with E-state index in [0.717, 1.165) is 0 Å². The van der Waals surface area contributed by atoms with Crippen LogP contribution in [-0.2, 0) is 4.79 Å². The monoisotopic (exact) mass is 293 g/mol. The van der Waals surface area contributed by atoms with Gasteiger partial charge in [0.15, 0.2) is 0 Å². The first-order chi connectivity index (χ1) is 7.15. The third kappa shape index (κ3) is 4.01. The number of ether oxygens (including phenoxy) is 1. The Morgan fingerprint density at radius 3 is 3.00 bits per heavy atom. The van der Waals surface area contributed by atoms with E-state index in [4.69, 9.17) is 16.3 Å². The topological polar surface area (TPSA) is 64.1 Å². The largest absolute Gasteiger partial charge is 0.481 e. The molecule has 0 aliphatic heterocycles. The molecule has 0 aromatic carbocycles. The molecule has 0 radical (unpaired) electrons. The predicted molar refractivity (Wildman–Crippen MR) is 60.6 cm³/mol. The zero-order valence-electron chi connectivity index (χ0n) is 7.96. The molecular weight excluding hydrogens is 285 g/mol. The third-order valence-electron chi connectivity index (χ3n) is 1.45. The molecule has 0 spiro atoms. The van der Waals surface area contributed by atoms with Gasteiger partial charge in [0.05, 0.1) is 7.11 Å². The maximum Gasteiger partial charge on any atom is 0.234 e. The normalized spacial score (nSPS) is 9.80. The first-order valence-electron chi connectivity index (χ1n) is 4.10. The molecular formula is C8H9BrClN3O2. The summed E-state index contributed by atoms with van der Waals surface area (Å²) in [6.07, 6.45) is 0.345. The number of nitrogens with zero attached hydrogens (tertiary/aromatic N) is 2. The number of carbonyl (C=O) groups excluding carboxylic acids is 1. The molecule has 0 unspecified atom stereocenters. The van der Waals surface area contributed by atoms with Crippen molar-refractivity contribution in [2.75, 3.05) is 17.8 Å². The maximum atomic E-state index is 11.2. The second-order valence-corrected chi connectivity index (χ2v) is 3.72. The number of halogens is 2. The van der Waals surface area contributed by atoms with Gasteiger partial charge < -0.3 is 4.74 Å². The molecule has 1 N–H and O–H groups in total. The summed E-state index contributed by atoms with van der Waals surface area (Å²) >= 11 is 8.85. The van der Waals surface area contributed by atoms with Gasteiger partial charge in [-0.3, -0.25) is 10.1 Å². The van der Waals surface area contributed by atoms with Gasteiger partial charge in [-0.05, 0) is 0 Å². The first-order valence-corrected chi connectivity index (χ1v) is 5.60. The summed E-state index contributed by atoms with van der Waals surface area (Å²) in [7, 11) is 1.46. The third-order valence-corrected chi connectivity index (χ3v) is 2.04. The standard InChI is InChI=1S/C8H9BrClN3O2/c1-15-7-4-5(10)11-8(13-7)12-6(14)2-3-9/h4H,2-3H2,1H3,(H,11,12,13,14). The molecule has 0 saturated carbocycles. The first kappa shape index (κ1) is 12.2. The van der Waals surface area contributed by atoms with Gasteiger partial charge in [-0.15, -0.1) is 0 Å². The molecule has 0 aliphatic carbocycles. The Morgan fingerprint density at radius 1 is 1.67 bits per heavy atom. The zero-order valence-corrected chi connectivity index (χ0v) is 10.3. The van der Waals surface area contributed by atoms with Crippen molar-refractivity contribution in [3.63, 3.8) is 0 Å². The Morgan fingerprint density at radius 2 is 2.40 bits per heavy atom. The fraction of sp³-hybridized carbons (Fsp3) is 0.375. The summed E-state index contributed by atoms with van der Waals surface area (Å²) in [5.74, 6) is 0.269. The van der Waals surface area contributed by atoms with E-state index >= 15 is 0 Å². The van der Waals surface area contributed by atoms with Crippen molar-refractivity contribution in [3.05, 3.63) is 11.2 Å². The summed E-state index contributed by atoms with van der Waals surface area (Å²) in [6.45, 7) is 0. The van der Waals surface area contributed by atoms with Crippen LogP contribution < -0.4 is 10.1 Å². The van der Waals surface area contributed by atoms with Gasteiger partial charge in [-0.25, -0.2) is 4.98 Å². The Balaban J connectivity index is 2.76. The number of nitrogens with one attached hydrogen (secondary N) is 1. The van der Waals surface area contributed by atoms with Crippen LogP contribution in [0.1, 0.15) is 6.42 Å². The van der Waals surface area contributed by atoms with Gasteiger partial charge in [-0.2, -0.15) is 4.98 Å². The van der Waals surface area contributed by atoms with Gasteiger partial charge in [0, 0.05) is 17.8 Å². The fourth-order valence-electron chi connectivity index (χ4n) is 0.830. The lowest BCUT2D eigenvalue weighted by atomic mass is 10.4. The van der Waals surface area contributed by atoms with E-state index in [-0.39, 0.29) is 17.0 Å². The minimum absolute atomic E-state index is 0.144. The van der Waals surface area contributed by atoms with E-state index in [1.165, 1.54) is 13.2 Å². The summed E-state index contributed by atoms with van der Waals surface area (Å²) in [5, 5.41) is 3.30. The minimum atomic E-state index is -0.184. The minimum Gasteiger partial charge on any atom is -0.481 e. The van der Waals surface area contributed by atoms with Gasteiger partial charge in [0.1, 0.15) is 5.15 Å². The molecule has 15 heavy (non-hydrogen) atoms. The molecule has 0 saturated heterocycles. The Labute approximate surface area is 100 Å². The molecule has 5 nitrogen and oxygen atoms in total. The average molecular weight is 295 g/mol. The van der Waals surface area contributed by atoms with E-state index in [2.05, 4.69) is 31.2 Å². The van der Waals surface area contributed by atoms with Crippen LogP contribution in [-0.4, -0.2) is 28.3 Å². The van der Waals surface area contributed by atoms with Gasteiger partial charge in [0.2, 0.25) is 17.7 Å². The van der Waals surface area contributed by atoms with Crippen LogP contribution in [0.25, 0.3) is 0 Å². The summed E-state index contributed by atoms with van der Waals surface area (Å²) in [6, 6.07) is 1.46. The number of amides is 1. The number of carbonyl (C=O) groups is 1. The molecule has 1 amide bonds. The Bertz CT molecular complexity index is 362. The highest BCUT2D eigenvalue weighted by Crippen LogP contribution is 2.15. The van der Waals surface area contributed by atoms with Gasteiger partial charge >= 0.3 is 0 Å². The molecule has 1 rings (SSSR count). The molecule has 0 atom stereocenters. The molecule has 1 heterocycles. The smallest absolute Gasteiger partial charge is 0.234 e. The quantitative estimate of drug-likeness (QED) is 0.680. The lowest BCUT2D eigenvalue weighted by molar-refractivity contribution is -0.115. The van der Waals surface area contributed by atoms with Crippen LogP contribution in [0.2, 0.25) is 5.15 Å². The lowest BCUT2D eigenvalue weighted by Crippen LogP contribution is -2.14. The summed E-state index contributed by atoms with van der Waals surface area (Å²) in [5.41, 5.74) is 0. The maximum absolute atomic E-state index is 11.2. The highest BCUT2D eigenvalue weighted by atomic mass is 79.9. The number of rotatable bonds is 4. The van der Waals surface area contributed by atoms with Gasteiger partial charge in [-0.1, -0.05) is 27.5 Å². The van der Waals surface area contributed by atoms with Crippen molar-refractivity contribution in [2.45, 2.75) is 6.42 Å².